The molecule has 0 aromatic heterocycles. The van der Waals surface area contributed by atoms with Gasteiger partial charge < -0.3 is 15.6 Å². The SMILES string of the molecule is Nc1ccc(Oc2ccccc2CC(=O)O)c(Cl)c1. The topological polar surface area (TPSA) is 72.5 Å². The number of halogens is 1. The Bertz CT molecular complexity index is 613. The Morgan fingerprint density at radius 2 is 1.95 bits per heavy atom. The van der Waals surface area contributed by atoms with Crippen LogP contribution in [0.5, 0.6) is 11.5 Å². The van der Waals surface area contributed by atoms with Crippen LogP contribution in [0.1, 0.15) is 5.56 Å². The second kappa shape index (κ2) is 5.63. The van der Waals surface area contributed by atoms with Crippen molar-refractivity contribution in [2.45, 2.75) is 6.42 Å². The Hall–Kier alpha value is -2.20. The molecular weight excluding hydrogens is 266 g/mol. The number of rotatable bonds is 4. The molecule has 0 spiro atoms. The van der Waals surface area contributed by atoms with E-state index in [1.54, 1.807) is 42.5 Å². The molecule has 2 aromatic rings. The molecule has 0 atom stereocenters. The van der Waals surface area contributed by atoms with Crippen molar-refractivity contribution in [1.82, 2.24) is 0 Å². The van der Waals surface area contributed by atoms with E-state index in [9.17, 15) is 4.79 Å². The highest BCUT2D eigenvalue weighted by Crippen LogP contribution is 2.32. The van der Waals surface area contributed by atoms with Crippen LogP contribution >= 0.6 is 11.6 Å². The average molecular weight is 278 g/mol. The maximum absolute atomic E-state index is 10.8. The Kier molecular flexibility index (Phi) is 3.92. The van der Waals surface area contributed by atoms with Gasteiger partial charge in [0.05, 0.1) is 11.4 Å². The molecule has 2 rings (SSSR count). The van der Waals surface area contributed by atoms with Gasteiger partial charge in [-0.25, -0.2) is 0 Å². The molecule has 0 aliphatic heterocycles. The fraction of sp³-hybridized carbons (Fsp3) is 0.0714. The molecule has 0 radical (unpaired) electrons. The molecule has 0 unspecified atom stereocenters. The summed E-state index contributed by atoms with van der Waals surface area (Å²) < 4.78 is 5.65. The van der Waals surface area contributed by atoms with Gasteiger partial charge in [0.2, 0.25) is 0 Å². The van der Waals surface area contributed by atoms with E-state index in [1.807, 2.05) is 0 Å². The van der Waals surface area contributed by atoms with E-state index in [4.69, 9.17) is 27.2 Å². The van der Waals surface area contributed by atoms with Gasteiger partial charge in [-0.2, -0.15) is 0 Å². The van der Waals surface area contributed by atoms with E-state index < -0.39 is 5.97 Å². The molecule has 0 aliphatic carbocycles. The molecule has 0 bridgehead atoms. The minimum absolute atomic E-state index is 0.108. The molecule has 0 aliphatic rings. The van der Waals surface area contributed by atoms with Crippen molar-refractivity contribution in [2.24, 2.45) is 0 Å². The smallest absolute Gasteiger partial charge is 0.307 e. The number of carboxylic acid groups (broad SMARTS) is 1. The lowest BCUT2D eigenvalue weighted by molar-refractivity contribution is -0.136. The zero-order valence-electron chi connectivity index (χ0n) is 9.97. The standard InChI is InChI=1S/C14H12ClNO3/c15-11-8-10(16)5-6-13(11)19-12-4-2-1-3-9(12)7-14(17)18/h1-6,8H,7,16H2,(H,17,18). The summed E-state index contributed by atoms with van der Waals surface area (Å²) in [4.78, 5) is 10.8. The number of nitrogen functional groups attached to an aromatic ring is 1. The van der Waals surface area contributed by atoms with Gasteiger partial charge in [0.15, 0.2) is 0 Å². The van der Waals surface area contributed by atoms with Crippen LogP contribution in [-0.4, -0.2) is 11.1 Å². The predicted molar refractivity (Wildman–Crippen MR) is 73.7 cm³/mol. The number of ether oxygens (including phenoxy) is 1. The van der Waals surface area contributed by atoms with Gasteiger partial charge in [0.1, 0.15) is 11.5 Å². The highest BCUT2D eigenvalue weighted by atomic mass is 35.5. The van der Waals surface area contributed by atoms with Crippen LogP contribution in [0.4, 0.5) is 5.69 Å². The first kappa shape index (κ1) is 13.2. The van der Waals surface area contributed by atoms with Gasteiger partial charge in [-0.1, -0.05) is 29.8 Å². The van der Waals surface area contributed by atoms with Crippen LogP contribution in [0, 0.1) is 0 Å². The first-order valence-electron chi connectivity index (χ1n) is 5.59. The molecule has 2 aromatic carbocycles. The van der Waals surface area contributed by atoms with Gasteiger partial charge in [0, 0.05) is 11.3 Å². The fourth-order valence-electron chi connectivity index (χ4n) is 1.63. The lowest BCUT2D eigenvalue weighted by Gasteiger charge is -2.11. The number of hydrogen-bond acceptors (Lipinski definition) is 3. The number of aliphatic carboxylic acids is 1. The summed E-state index contributed by atoms with van der Waals surface area (Å²) in [6.07, 6.45) is -0.108. The molecule has 19 heavy (non-hydrogen) atoms. The number of nitrogens with two attached hydrogens (primary N) is 1. The van der Waals surface area contributed by atoms with Crippen molar-refractivity contribution >= 4 is 23.3 Å². The van der Waals surface area contributed by atoms with Crippen molar-refractivity contribution in [3.8, 4) is 11.5 Å². The highest BCUT2D eigenvalue weighted by molar-refractivity contribution is 6.32. The normalized spacial score (nSPS) is 10.2. The second-order valence-corrected chi connectivity index (χ2v) is 4.38. The summed E-state index contributed by atoms with van der Waals surface area (Å²) in [5, 5.41) is 9.23. The monoisotopic (exact) mass is 277 g/mol. The fourth-order valence-corrected chi connectivity index (χ4v) is 1.86. The molecule has 0 saturated carbocycles. The van der Waals surface area contributed by atoms with E-state index in [0.717, 1.165) is 0 Å². The quantitative estimate of drug-likeness (QED) is 0.841. The first-order valence-corrected chi connectivity index (χ1v) is 5.96. The van der Waals surface area contributed by atoms with Crippen molar-refractivity contribution in [3.63, 3.8) is 0 Å². The van der Waals surface area contributed by atoms with Crippen LogP contribution in [0.3, 0.4) is 0 Å². The van der Waals surface area contributed by atoms with Gasteiger partial charge >= 0.3 is 5.97 Å². The Balaban J connectivity index is 2.30. The predicted octanol–water partition coefficient (Wildman–Crippen LogP) is 3.34. The molecule has 0 amide bonds. The van der Waals surface area contributed by atoms with Crippen molar-refractivity contribution in [2.75, 3.05) is 5.73 Å². The molecule has 5 heteroatoms. The van der Waals surface area contributed by atoms with Crippen LogP contribution in [0.25, 0.3) is 0 Å². The third-order valence-electron chi connectivity index (χ3n) is 2.49. The van der Waals surface area contributed by atoms with Crippen LogP contribution < -0.4 is 10.5 Å². The van der Waals surface area contributed by atoms with Crippen molar-refractivity contribution in [3.05, 3.63) is 53.1 Å². The summed E-state index contributed by atoms with van der Waals surface area (Å²) in [5.41, 5.74) is 6.72. The van der Waals surface area contributed by atoms with E-state index >= 15 is 0 Å². The molecule has 0 heterocycles. The molecule has 0 saturated heterocycles. The number of carboxylic acids is 1. The number of benzene rings is 2. The van der Waals surface area contributed by atoms with E-state index in [1.165, 1.54) is 0 Å². The maximum atomic E-state index is 10.8. The summed E-state index contributed by atoms with van der Waals surface area (Å²) in [6.45, 7) is 0. The average Bonchev–Trinajstić information content (AvgIpc) is 2.34. The zero-order valence-corrected chi connectivity index (χ0v) is 10.7. The van der Waals surface area contributed by atoms with Gasteiger partial charge in [0.25, 0.3) is 0 Å². The number of para-hydroxylation sites is 1. The molecule has 4 nitrogen and oxygen atoms in total. The molecule has 0 fully saturated rings. The number of anilines is 1. The third-order valence-corrected chi connectivity index (χ3v) is 2.79. The zero-order chi connectivity index (χ0) is 13.8. The Morgan fingerprint density at radius 3 is 2.63 bits per heavy atom. The number of hydrogen-bond donors (Lipinski definition) is 2. The van der Waals surface area contributed by atoms with Crippen LogP contribution in [0.15, 0.2) is 42.5 Å². The second-order valence-electron chi connectivity index (χ2n) is 3.97. The Labute approximate surface area is 115 Å². The molecule has 3 N–H and O–H groups in total. The minimum atomic E-state index is -0.917. The number of carbonyl (C=O) groups is 1. The van der Waals surface area contributed by atoms with Crippen LogP contribution in [-0.2, 0) is 11.2 Å². The van der Waals surface area contributed by atoms with E-state index in [-0.39, 0.29) is 6.42 Å². The summed E-state index contributed by atoms with van der Waals surface area (Å²) in [6, 6.07) is 11.8. The minimum Gasteiger partial charge on any atom is -0.481 e. The lowest BCUT2D eigenvalue weighted by atomic mass is 10.1. The molecule has 98 valence electrons. The van der Waals surface area contributed by atoms with E-state index in [2.05, 4.69) is 0 Å². The summed E-state index contributed by atoms with van der Waals surface area (Å²) >= 11 is 6.02. The van der Waals surface area contributed by atoms with Gasteiger partial charge in [-0.05, 0) is 24.3 Å². The van der Waals surface area contributed by atoms with E-state index in [0.29, 0.717) is 27.8 Å². The van der Waals surface area contributed by atoms with Gasteiger partial charge in [-0.15, -0.1) is 0 Å². The molecular formula is C14H12ClNO3. The maximum Gasteiger partial charge on any atom is 0.307 e. The van der Waals surface area contributed by atoms with Gasteiger partial charge in [-0.3, -0.25) is 4.79 Å². The summed E-state index contributed by atoms with van der Waals surface area (Å²) in [7, 11) is 0. The van der Waals surface area contributed by atoms with Crippen molar-refractivity contribution < 1.29 is 14.6 Å². The Morgan fingerprint density at radius 1 is 1.21 bits per heavy atom. The third kappa shape index (κ3) is 3.39. The largest absolute Gasteiger partial charge is 0.481 e. The summed E-state index contributed by atoms with van der Waals surface area (Å²) in [5.74, 6) is -0.00951. The lowest BCUT2D eigenvalue weighted by Crippen LogP contribution is -2.02. The highest BCUT2D eigenvalue weighted by Gasteiger charge is 2.10. The van der Waals surface area contributed by atoms with Crippen LogP contribution in [0.2, 0.25) is 5.02 Å². The van der Waals surface area contributed by atoms with Crippen molar-refractivity contribution in [1.29, 1.82) is 0 Å². The first-order chi connectivity index (χ1) is 9.06.